The minimum Gasteiger partial charge on any atom is -0.468 e. The smallest absolute Gasteiger partial charge is 0.323 e. The average molecular weight is 471 g/mol. The van der Waals surface area contributed by atoms with Crippen LogP contribution in [0.1, 0.15) is 80.1 Å². The van der Waals surface area contributed by atoms with Gasteiger partial charge in [0, 0.05) is 31.6 Å². The molecule has 0 spiro atoms. The zero-order valence-corrected chi connectivity index (χ0v) is 21.6. The van der Waals surface area contributed by atoms with Crippen molar-refractivity contribution < 1.29 is 23.9 Å². The van der Waals surface area contributed by atoms with E-state index in [1.54, 1.807) is 0 Å². The van der Waals surface area contributed by atoms with E-state index in [9.17, 15) is 19.2 Å². The number of rotatable bonds is 18. The predicted molar refractivity (Wildman–Crippen MR) is 130 cm³/mol. The largest absolute Gasteiger partial charge is 0.468 e. The van der Waals surface area contributed by atoms with Gasteiger partial charge in [0.05, 0.1) is 19.6 Å². The number of carbonyl (C=O) groups is 4. The van der Waals surface area contributed by atoms with Crippen LogP contribution in [0.15, 0.2) is 0 Å². The van der Waals surface area contributed by atoms with Gasteiger partial charge in [0.2, 0.25) is 11.8 Å². The third-order valence-corrected chi connectivity index (χ3v) is 5.80. The van der Waals surface area contributed by atoms with Crippen molar-refractivity contribution >= 4 is 23.6 Å². The van der Waals surface area contributed by atoms with E-state index < -0.39 is 18.1 Å². The van der Waals surface area contributed by atoms with Gasteiger partial charge in [-0.05, 0) is 52.4 Å². The molecule has 9 heteroatoms. The number of hydrogen-bond donors (Lipinski definition) is 4. The second-order valence-corrected chi connectivity index (χ2v) is 9.00. The highest BCUT2D eigenvalue weighted by Gasteiger charge is 2.24. The third kappa shape index (κ3) is 14.7. The quantitative estimate of drug-likeness (QED) is 0.177. The highest BCUT2D eigenvalue weighted by Crippen LogP contribution is 2.05. The summed E-state index contributed by atoms with van der Waals surface area (Å²) < 4.78 is 4.78. The molecular weight excluding hydrogens is 424 g/mol. The standard InChI is InChI=1S/C24H46N4O5/c1-8-17(4)27-20(19(6)29)13-23(31)26-15-16(3)11-10-12-25-22(30)14-21(24(32)33-7)28-18(5)9-2/h16-18,20-21,27-28H,8-15H2,1-7H3,(H,25,30)(H,26,31). The highest BCUT2D eigenvalue weighted by molar-refractivity contribution is 5.88. The van der Waals surface area contributed by atoms with E-state index in [1.807, 2.05) is 34.6 Å². The minimum absolute atomic E-state index is 0.0324. The molecule has 0 aromatic heterocycles. The van der Waals surface area contributed by atoms with Crippen LogP contribution in [0.5, 0.6) is 0 Å². The molecular formula is C24H46N4O5. The Morgan fingerprint density at radius 3 is 1.85 bits per heavy atom. The van der Waals surface area contributed by atoms with E-state index in [0.29, 0.717) is 13.1 Å². The van der Waals surface area contributed by atoms with Crippen LogP contribution in [0.4, 0.5) is 0 Å². The van der Waals surface area contributed by atoms with Gasteiger partial charge >= 0.3 is 5.97 Å². The second-order valence-electron chi connectivity index (χ2n) is 9.00. The van der Waals surface area contributed by atoms with Crippen molar-refractivity contribution in [3.8, 4) is 0 Å². The van der Waals surface area contributed by atoms with Crippen molar-refractivity contribution in [2.24, 2.45) is 5.92 Å². The van der Waals surface area contributed by atoms with Gasteiger partial charge in [-0.15, -0.1) is 0 Å². The first-order chi connectivity index (χ1) is 15.5. The molecule has 0 rings (SSSR count). The zero-order valence-electron chi connectivity index (χ0n) is 21.6. The zero-order chi connectivity index (χ0) is 25.4. The lowest BCUT2D eigenvalue weighted by atomic mass is 10.0. The summed E-state index contributed by atoms with van der Waals surface area (Å²) in [5.74, 6) is -0.594. The monoisotopic (exact) mass is 470 g/mol. The van der Waals surface area contributed by atoms with Crippen molar-refractivity contribution in [3.05, 3.63) is 0 Å². The third-order valence-electron chi connectivity index (χ3n) is 5.80. The number of ketones is 1. The van der Waals surface area contributed by atoms with Crippen LogP contribution < -0.4 is 21.3 Å². The van der Waals surface area contributed by atoms with Crippen molar-refractivity contribution in [3.63, 3.8) is 0 Å². The molecule has 5 atom stereocenters. The van der Waals surface area contributed by atoms with Crippen LogP contribution >= 0.6 is 0 Å². The van der Waals surface area contributed by atoms with Crippen LogP contribution in [0.3, 0.4) is 0 Å². The first-order valence-electron chi connectivity index (χ1n) is 12.2. The van der Waals surface area contributed by atoms with Gasteiger partial charge in [-0.25, -0.2) is 0 Å². The molecule has 0 saturated carbocycles. The lowest BCUT2D eigenvalue weighted by Gasteiger charge is -2.21. The molecule has 0 aliphatic heterocycles. The second kappa shape index (κ2) is 17.5. The minimum atomic E-state index is -0.660. The normalized spacial score (nSPS) is 15.6. The summed E-state index contributed by atoms with van der Waals surface area (Å²) in [6, 6.07) is -0.842. The molecule has 0 aromatic carbocycles. The molecule has 5 unspecified atom stereocenters. The van der Waals surface area contributed by atoms with Crippen LogP contribution in [0.2, 0.25) is 0 Å². The summed E-state index contributed by atoms with van der Waals surface area (Å²) in [6.07, 6.45) is 3.48. The number of Topliss-reactive ketones (excluding diaryl/α,β-unsaturated/α-hetero) is 1. The SMILES string of the molecule is CCC(C)NC(CC(=O)NCC(C)CCCNC(=O)CC(NC(C)CC)C(=O)OC)C(C)=O. The highest BCUT2D eigenvalue weighted by atomic mass is 16.5. The van der Waals surface area contributed by atoms with Crippen LogP contribution in [-0.4, -0.2) is 67.9 Å². The molecule has 0 saturated heterocycles. The molecule has 2 amide bonds. The number of nitrogens with one attached hydrogen (secondary N) is 4. The van der Waals surface area contributed by atoms with Crippen molar-refractivity contribution in [2.75, 3.05) is 20.2 Å². The van der Waals surface area contributed by atoms with Gasteiger partial charge in [-0.1, -0.05) is 20.8 Å². The molecule has 9 nitrogen and oxygen atoms in total. The van der Waals surface area contributed by atoms with Gasteiger partial charge < -0.3 is 26.0 Å². The Balaban J connectivity index is 4.24. The first-order valence-corrected chi connectivity index (χ1v) is 12.2. The molecule has 0 aliphatic rings. The van der Waals surface area contributed by atoms with E-state index in [2.05, 4.69) is 21.3 Å². The summed E-state index contributed by atoms with van der Waals surface area (Å²) >= 11 is 0. The maximum Gasteiger partial charge on any atom is 0.323 e. The summed E-state index contributed by atoms with van der Waals surface area (Å²) in [4.78, 5) is 48.1. The number of esters is 1. The molecule has 33 heavy (non-hydrogen) atoms. The Hall–Kier alpha value is -2.00. The van der Waals surface area contributed by atoms with E-state index in [1.165, 1.54) is 14.0 Å². The van der Waals surface area contributed by atoms with Crippen molar-refractivity contribution in [1.29, 1.82) is 0 Å². The Labute approximate surface area is 199 Å². The number of amides is 2. The van der Waals surface area contributed by atoms with Crippen LogP contribution in [0, 0.1) is 5.92 Å². The number of carbonyl (C=O) groups excluding carboxylic acids is 4. The Bertz CT molecular complexity index is 614. The fraction of sp³-hybridized carbons (Fsp3) is 0.833. The molecule has 0 aromatic rings. The summed E-state index contributed by atoms with van der Waals surface area (Å²) in [6.45, 7) is 12.5. The fourth-order valence-electron chi connectivity index (χ4n) is 3.18. The summed E-state index contributed by atoms with van der Waals surface area (Å²) in [5.41, 5.74) is 0. The van der Waals surface area contributed by atoms with E-state index in [-0.39, 0.29) is 48.4 Å². The topological polar surface area (TPSA) is 126 Å². The average Bonchev–Trinajstić information content (AvgIpc) is 2.78. The Morgan fingerprint density at radius 1 is 0.818 bits per heavy atom. The predicted octanol–water partition coefficient (Wildman–Crippen LogP) is 1.69. The summed E-state index contributed by atoms with van der Waals surface area (Å²) in [7, 11) is 1.31. The lowest BCUT2D eigenvalue weighted by Crippen LogP contribution is -2.45. The Morgan fingerprint density at radius 2 is 1.33 bits per heavy atom. The molecule has 0 aliphatic carbocycles. The maximum atomic E-state index is 12.2. The van der Waals surface area contributed by atoms with Gasteiger partial charge in [0.15, 0.2) is 0 Å². The van der Waals surface area contributed by atoms with Gasteiger partial charge in [-0.2, -0.15) is 0 Å². The maximum absolute atomic E-state index is 12.2. The molecule has 0 bridgehead atoms. The van der Waals surface area contributed by atoms with E-state index >= 15 is 0 Å². The molecule has 0 fully saturated rings. The van der Waals surface area contributed by atoms with Crippen LogP contribution in [0.25, 0.3) is 0 Å². The number of hydrogen-bond acceptors (Lipinski definition) is 7. The molecule has 4 N–H and O–H groups in total. The molecule has 192 valence electrons. The van der Waals surface area contributed by atoms with Crippen molar-refractivity contribution in [1.82, 2.24) is 21.3 Å². The lowest BCUT2D eigenvalue weighted by molar-refractivity contribution is -0.145. The van der Waals surface area contributed by atoms with E-state index in [4.69, 9.17) is 4.74 Å². The number of ether oxygens (including phenoxy) is 1. The van der Waals surface area contributed by atoms with Crippen molar-refractivity contribution in [2.45, 2.75) is 104 Å². The number of methoxy groups -OCH3 is 1. The van der Waals surface area contributed by atoms with Crippen LogP contribution in [-0.2, 0) is 23.9 Å². The fourth-order valence-corrected chi connectivity index (χ4v) is 3.18. The summed E-state index contributed by atoms with van der Waals surface area (Å²) in [5, 5.41) is 12.1. The first kappa shape index (κ1) is 31.0. The van der Waals surface area contributed by atoms with E-state index in [0.717, 1.165) is 25.7 Å². The van der Waals surface area contributed by atoms with Gasteiger partial charge in [-0.3, -0.25) is 19.2 Å². The Kier molecular flexibility index (Phi) is 16.4. The van der Waals surface area contributed by atoms with Gasteiger partial charge in [0.25, 0.3) is 0 Å². The molecule has 0 radical (unpaired) electrons. The molecule has 0 heterocycles. The van der Waals surface area contributed by atoms with Gasteiger partial charge in [0.1, 0.15) is 11.8 Å².